The van der Waals surface area contributed by atoms with Crippen molar-refractivity contribution in [1.82, 2.24) is 9.78 Å². The van der Waals surface area contributed by atoms with Gasteiger partial charge in [-0.05, 0) is 55.5 Å². The molecule has 1 aliphatic rings. The molecule has 4 rings (SSSR count). The van der Waals surface area contributed by atoms with E-state index < -0.39 is 16.0 Å². The third kappa shape index (κ3) is 3.98. The van der Waals surface area contributed by atoms with Crippen molar-refractivity contribution in [2.45, 2.75) is 38.5 Å². The van der Waals surface area contributed by atoms with Crippen molar-refractivity contribution in [2.24, 2.45) is 5.14 Å². The molecule has 0 radical (unpaired) electrons. The first-order valence-corrected chi connectivity index (χ1v) is 11.8. The zero-order valence-corrected chi connectivity index (χ0v) is 18.1. The Morgan fingerprint density at radius 1 is 1.21 bits per heavy atom. The van der Waals surface area contributed by atoms with Gasteiger partial charge < -0.3 is 4.74 Å². The maximum absolute atomic E-state index is 12.4. The van der Waals surface area contributed by atoms with Gasteiger partial charge in [-0.25, -0.2) is 23.0 Å². The number of esters is 1. The first-order valence-electron chi connectivity index (χ1n) is 9.39. The molecule has 0 unspecified atom stereocenters. The number of thiophene rings is 1. The number of carbonyl (C=O) groups is 1. The highest BCUT2D eigenvalue weighted by molar-refractivity contribution is 7.89. The van der Waals surface area contributed by atoms with E-state index in [1.165, 1.54) is 17.0 Å². The maximum atomic E-state index is 12.4. The van der Waals surface area contributed by atoms with Gasteiger partial charge in [0.1, 0.15) is 0 Å². The first kappa shape index (κ1) is 21.2. The standard InChI is InChI=1S/C18H17N3O4S2.C2H6/c1-2-25-18(22)16-14-7-8-15-13(9-10-26-15)17(14)21(20-16)11-3-5-12(6-4-11)27(19,23)24;1-2/h3-6,9-10H,2,7-8H2,1H3,(H2,19,23,24);1-2H3. The van der Waals surface area contributed by atoms with Crippen LogP contribution in [0.2, 0.25) is 0 Å². The minimum Gasteiger partial charge on any atom is -0.461 e. The third-order valence-corrected chi connectivity index (χ3v) is 6.37. The molecule has 0 aliphatic heterocycles. The van der Waals surface area contributed by atoms with Gasteiger partial charge >= 0.3 is 5.97 Å². The fraction of sp³-hybridized carbons (Fsp3) is 0.300. The highest BCUT2D eigenvalue weighted by atomic mass is 32.2. The Kier molecular flexibility index (Phi) is 6.21. The molecule has 154 valence electrons. The summed E-state index contributed by atoms with van der Waals surface area (Å²) in [6.45, 7) is 6.03. The van der Waals surface area contributed by atoms with E-state index in [2.05, 4.69) is 5.10 Å². The predicted octanol–water partition coefficient (Wildman–Crippen LogP) is 3.55. The van der Waals surface area contributed by atoms with E-state index in [4.69, 9.17) is 9.88 Å². The predicted molar refractivity (Wildman–Crippen MR) is 113 cm³/mol. The molecule has 1 aromatic carbocycles. The number of hydrogen-bond acceptors (Lipinski definition) is 6. The Labute approximate surface area is 174 Å². The van der Waals surface area contributed by atoms with E-state index in [1.54, 1.807) is 35.1 Å². The van der Waals surface area contributed by atoms with Gasteiger partial charge in [0.2, 0.25) is 10.0 Å². The van der Waals surface area contributed by atoms with Crippen LogP contribution in [0.5, 0.6) is 0 Å². The fourth-order valence-electron chi connectivity index (χ4n) is 3.27. The lowest BCUT2D eigenvalue weighted by Crippen LogP contribution is -2.12. The number of carbonyl (C=O) groups excluding carboxylic acids is 1. The van der Waals surface area contributed by atoms with Crippen molar-refractivity contribution in [3.8, 4) is 16.9 Å². The lowest BCUT2D eigenvalue weighted by molar-refractivity contribution is 0.0517. The molecule has 3 aromatic rings. The minimum atomic E-state index is -3.78. The zero-order chi connectivity index (χ0) is 21.2. The highest BCUT2D eigenvalue weighted by Crippen LogP contribution is 2.39. The summed E-state index contributed by atoms with van der Waals surface area (Å²) in [7, 11) is -3.78. The molecule has 0 spiro atoms. The number of primary sulfonamides is 1. The third-order valence-electron chi connectivity index (χ3n) is 4.46. The number of rotatable bonds is 4. The summed E-state index contributed by atoms with van der Waals surface area (Å²) in [5.41, 5.74) is 3.70. The van der Waals surface area contributed by atoms with Gasteiger partial charge in [0.25, 0.3) is 0 Å². The second kappa shape index (κ2) is 8.48. The zero-order valence-electron chi connectivity index (χ0n) is 16.5. The van der Waals surface area contributed by atoms with Crippen molar-refractivity contribution in [3.63, 3.8) is 0 Å². The van der Waals surface area contributed by atoms with Crippen LogP contribution in [0.25, 0.3) is 16.9 Å². The summed E-state index contributed by atoms with van der Waals surface area (Å²) in [6, 6.07) is 8.13. The molecule has 0 atom stereocenters. The molecule has 9 heteroatoms. The summed E-state index contributed by atoms with van der Waals surface area (Å²) in [5.74, 6) is -0.452. The van der Waals surface area contributed by atoms with E-state index in [1.807, 2.05) is 25.3 Å². The largest absolute Gasteiger partial charge is 0.461 e. The summed E-state index contributed by atoms with van der Waals surface area (Å²) in [4.78, 5) is 13.7. The summed E-state index contributed by atoms with van der Waals surface area (Å²) in [5, 5.41) is 11.7. The molecule has 0 amide bonds. The van der Waals surface area contributed by atoms with Gasteiger partial charge in [-0.3, -0.25) is 0 Å². The van der Waals surface area contributed by atoms with Crippen molar-refractivity contribution < 1.29 is 17.9 Å². The fourth-order valence-corrected chi connectivity index (χ4v) is 4.67. The molecule has 29 heavy (non-hydrogen) atoms. The normalized spacial score (nSPS) is 12.4. The number of hydrogen-bond donors (Lipinski definition) is 1. The van der Waals surface area contributed by atoms with Crippen LogP contribution >= 0.6 is 11.3 Å². The van der Waals surface area contributed by atoms with Gasteiger partial charge in [-0.2, -0.15) is 5.10 Å². The van der Waals surface area contributed by atoms with Gasteiger partial charge in [0.15, 0.2) is 5.69 Å². The Balaban J connectivity index is 0.00000117. The Hall–Kier alpha value is -2.49. The van der Waals surface area contributed by atoms with Crippen LogP contribution in [0.3, 0.4) is 0 Å². The lowest BCUT2D eigenvalue weighted by atomic mass is 9.94. The van der Waals surface area contributed by atoms with Crippen molar-refractivity contribution in [2.75, 3.05) is 6.61 Å². The van der Waals surface area contributed by atoms with Crippen molar-refractivity contribution in [3.05, 3.63) is 51.8 Å². The maximum Gasteiger partial charge on any atom is 0.359 e. The molecule has 2 aromatic heterocycles. The highest BCUT2D eigenvalue weighted by Gasteiger charge is 2.30. The number of fused-ring (bicyclic) bond motifs is 3. The quantitative estimate of drug-likeness (QED) is 0.634. The number of benzene rings is 1. The molecule has 2 heterocycles. The van der Waals surface area contributed by atoms with E-state index in [9.17, 15) is 13.2 Å². The molecule has 0 saturated carbocycles. The summed E-state index contributed by atoms with van der Waals surface area (Å²) < 4.78 is 29.9. The molecule has 7 nitrogen and oxygen atoms in total. The number of sulfonamides is 1. The Morgan fingerprint density at radius 2 is 1.90 bits per heavy atom. The summed E-state index contributed by atoms with van der Waals surface area (Å²) >= 11 is 1.67. The number of ether oxygens (including phenoxy) is 1. The van der Waals surface area contributed by atoms with Gasteiger partial charge in [0, 0.05) is 16.0 Å². The van der Waals surface area contributed by atoms with Crippen LogP contribution in [0.15, 0.2) is 40.6 Å². The van der Waals surface area contributed by atoms with Gasteiger partial charge in [-0.1, -0.05) is 13.8 Å². The topological polar surface area (TPSA) is 104 Å². The molecule has 0 saturated heterocycles. The second-order valence-corrected chi connectivity index (χ2v) is 8.67. The number of nitrogens with two attached hydrogens (primary N) is 1. The van der Waals surface area contributed by atoms with E-state index in [0.717, 1.165) is 23.2 Å². The van der Waals surface area contributed by atoms with Crippen LogP contribution in [0, 0.1) is 0 Å². The van der Waals surface area contributed by atoms with Crippen LogP contribution in [0.1, 0.15) is 41.7 Å². The molecule has 2 N–H and O–H groups in total. The average Bonchev–Trinajstić information content (AvgIpc) is 3.33. The first-order chi connectivity index (χ1) is 13.9. The smallest absolute Gasteiger partial charge is 0.359 e. The summed E-state index contributed by atoms with van der Waals surface area (Å²) in [6.07, 6.45) is 1.55. The van der Waals surface area contributed by atoms with Crippen LogP contribution in [-0.4, -0.2) is 30.8 Å². The van der Waals surface area contributed by atoms with Gasteiger partial charge in [0.05, 0.1) is 22.9 Å². The van der Waals surface area contributed by atoms with E-state index in [-0.39, 0.29) is 11.5 Å². The molecule has 0 bridgehead atoms. The molecular formula is C20H23N3O4S2. The number of aryl methyl sites for hydroxylation is 1. The SMILES string of the molecule is CC.CCOC(=O)c1nn(-c2ccc(S(N)(=O)=O)cc2)c2c1CCc1sccc1-2. The molecular weight excluding hydrogens is 410 g/mol. The molecule has 1 aliphatic carbocycles. The van der Waals surface area contributed by atoms with Crippen molar-refractivity contribution >= 4 is 27.3 Å². The average molecular weight is 434 g/mol. The van der Waals surface area contributed by atoms with E-state index in [0.29, 0.717) is 17.8 Å². The second-order valence-electron chi connectivity index (χ2n) is 6.10. The molecule has 0 fully saturated rings. The minimum absolute atomic E-state index is 0.0223. The Morgan fingerprint density at radius 3 is 2.52 bits per heavy atom. The van der Waals surface area contributed by atoms with Gasteiger partial charge in [-0.15, -0.1) is 11.3 Å². The van der Waals surface area contributed by atoms with Crippen LogP contribution < -0.4 is 5.14 Å². The number of aromatic nitrogens is 2. The van der Waals surface area contributed by atoms with Crippen molar-refractivity contribution in [1.29, 1.82) is 0 Å². The van der Waals surface area contributed by atoms with Crippen LogP contribution in [0.4, 0.5) is 0 Å². The Bertz CT molecular complexity index is 1130. The number of nitrogens with zero attached hydrogens (tertiary/aromatic N) is 2. The monoisotopic (exact) mass is 433 g/mol. The lowest BCUT2D eigenvalue weighted by Gasteiger charge is -2.15. The van der Waals surface area contributed by atoms with E-state index >= 15 is 0 Å². The van der Waals surface area contributed by atoms with Crippen LogP contribution in [-0.2, 0) is 27.6 Å².